The van der Waals surface area contributed by atoms with Gasteiger partial charge in [-0.25, -0.2) is 8.42 Å². The lowest BCUT2D eigenvalue weighted by Crippen LogP contribution is -2.46. The number of amides is 2. The van der Waals surface area contributed by atoms with Gasteiger partial charge >= 0.3 is 0 Å². The summed E-state index contributed by atoms with van der Waals surface area (Å²) in [6.45, 7) is 9.84. The molecule has 3 rings (SSSR count). The number of carbonyl (C=O) groups is 2. The molecule has 172 valence electrons. The van der Waals surface area contributed by atoms with Gasteiger partial charge < -0.3 is 10.2 Å². The minimum Gasteiger partial charge on any atom is -0.350 e. The van der Waals surface area contributed by atoms with Crippen LogP contribution in [0.15, 0.2) is 29.2 Å². The third-order valence-electron chi connectivity index (χ3n) is 5.56. The fourth-order valence-electron chi connectivity index (χ4n) is 4.02. The fourth-order valence-corrected chi connectivity index (χ4v) is 5.54. The lowest BCUT2D eigenvalue weighted by molar-refractivity contribution is -0.123. The molecule has 1 aromatic rings. The molecular formula is C22H34N4O4S. The van der Waals surface area contributed by atoms with Crippen molar-refractivity contribution < 1.29 is 18.0 Å². The molecule has 31 heavy (non-hydrogen) atoms. The number of hydrogen-bond donors (Lipinski definition) is 1. The molecule has 9 heteroatoms. The van der Waals surface area contributed by atoms with Crippen molar-refractivity contribution in [1.82, 2.24) is 19.4 Å². The van der Waals surface area contributed by atoms with Crippen molar-refractivity contribution in [1.29, 1.82) is 0 Å². The maximum absolute atomic E-state index is 13.0. The molecule has 0 aliphatic carbocycles. The van der Waals surface area contributed by atoms with E-state index in [1.165, 1.54) is 16.4 Å². The second kappa shape index (κ2) is 9.67. The van der Waals surface area contributed by atoms with E-state index < -0.39 is 10.0 Å². The monoisotopic (exact) mass is 450 g/mol. The van der Waals surface area contributed by atoms with Crippen molar-refractivity contribution in [2.45, 2.75) is 50.5 Å². The van der Waals surface area contributed by atoms with Crippen molar-refractivity contribution in [2.24, 2.45) is 0 Å². The highest BCUT2D eigenvalue weighted by atomic mass is 32.2. The average molecular weight is 451 g/mol. The van der Waals surface area contributed by atoms with Gasteiger partial charge in [0, 0.05) is 50.4 Å². The van der Waals surface area contributed by atoms with Crippen LogP contribution < -0.4 is 5.32 Å². The smallest absolute Gasteiger partial charge is 0.253 e. The summed E-state index contributed by atoms with van der Waals surface area (Å²) in [7, 11) is -3.48. The summed E-state index contributed by atoms with van der Waals surface area (Å²) in [5, 5.41) is 2.97. The summed E-state index contributed by atoms with van der Waals surface area (Å²) >= 11 is 0. The molecule has 0 radical (unpaired) electrons. The Morgan fingerprint density at radius 3 is 2.16 bits per heavy atom. The summed E-state index contributed by atoms with van der Waals surface area (Å²) in [5.41, 5.74) is 0.221. The van der Waals surface area contributed by atoms with Crippen LogP contribution in [0.2, 0.25) is 0 Å². The molecular weight excluding hydrogens is 416 g/mol. The molecule has 0 atom stereocenters. The second-order valence-corrected chi connectivity index (χ2v) is 11.3. The number of benzene rings is 1. The van der Waals surface area contributed by atoms with Crippen LogP contribution in [-0.2, 0) is 14.8 Å². The minimum absolute atomic E-state index is 0.0120. The quantitative estimate of drug-likeness (QED) is 0.735. The van der Waals surface area contributed by atoms with Crippen molar-refractivity contribution in [3.8, 4) is 0 Å². The van der Waals surface area contributed by atoms with E-state index in [2.05, 4.69) is 10.2 Å². The van der Waals surface area contributed by atoms with Gasteiger partial charge in [-0.15, -0.1) is 0 Å². The van der Waals surface area contributed by atoms with Crippen molar-refractivity contribution in [3.05, 3.63) is 29.8 Å². The van der Waals surface area contributed by atoms with Crippen LogP contribution in [0.3, 0.4) is 0 Å². The van der Waals surface area contributed by atoms with Crippen molar-refractivity contribution >= 4 is 21.8 Å². The maximum atomic E-state index is 13.0. The number of nitrogens with zero attached hydrogens (tertiary/aromatic N) is 3. The summed E-state index contributed by atoms with van der Waals surface area (Å²) in [6.07, 6.45) is 2.56. The Balaban J connectivity index is 1.58. The molecule has 2 aliphatic rings. The van der Waals surface area contributed by atoms with E-state index in [1.54, 1.807) is 17.0 Å². The number of nitrogens with one attached hydrogen (secondary N) is 1. The summed E-state index contributed by atoms with van der Waals surface area (Å²) in [5.74, 6) is -0.117. The van der Waals surface area contributed by atoms with Gasteiger partial charge in [0.1, 0.15) is 0 Å². The molecule has 0 aromatic heterocycles. The van der Waals surface area contributed by atoms with Gasteiger partial charge in [0.25, 0.3) is 5.91 Å². The van der Waals surface area contributed by atoms with E-state index in [0.717, 1.165) is 25.8 Å². The lowest BCUT2D eigenvalue weighted by Gasteiger charge is -2.25. The predicted octanol–water partition coefficient (Wildman–Crippen LogP) is 1.53. The van der Waals surface area contributed by atoms with Gasteiger partial charge in [-0.1, -0.05) is 0 Å². The number of carbonyl (C=O) groups excluding carboxylic acids is 2. The topological polar surface area (TPSA) is 90.0 Å². The second-order valence-electron chi connectivity index (χ2n) is 9.36. The van der Waals surface area contributed by atoms with Gasteiger partial charge in [-0.2, -0.15) is 4.31 Å². The third-order valence-corrected chi connectivity index (χ3v) is 7.47. The van der Waals surface area contributed by atoms with Gasteiger partial charge in [-0.3, -0.25) is 14.5 Å². The molecule has 2 fully saturated rings. The highest BCUT2D eigenvalue weighted by Gasteiger charge is 2.28. The van der Waals surface area contributed by atoms with Crippen LogP contribution in [0, 0.1) is 0 Å². The van der Waals surface area contributed by atoms with E-state index in [9.17, 15) is 18.0 Å². The third kappa shape index (κ3) is 6.27. The van der Waals surface area contributed by atoms with Crippen molar-refractivity contribution in [3.63, 3.8) is 0 Å². The minimum atomic E-state index is -3.48. The van der Waals surface area contributed by atoms with Crippen LogP contribution >= 0.6 is 0 Å². The van der Waals surface area contributed by atoms with E-state index >= 15 is 0 Å². The fraction of sp³-hybridized carbons (Fsp3) is 0.636. The summed E-state index contributed by atoms with van der Waals surface area (Å²) in [6, 6.07) is 6.26. The summed E-state index contributed by atoms with van der Waals surface area (Å²) in [4.78, 5) is 29.2. The maximum Gasteiger partial charge on any atom is 0.253 e. The molecule has 0 bridgehead atoms. The van der Waals surface area contributed by atoms with Gasteiger partial charge in [0.05, 0.1) is 11.4 Å². The molecule has 2 amide bonds. The first kappa shape index (κ1) is 23.7. The Hall–Kier alpha value is -1.97. The SMILES string of the molecule is CC(C)(C)NC(=O)CN1CCCN(C(=O)c2ccc(S(=O)(=O)N3CCCC3)cc2)CC1. The molecule has 2 heterocycles. The molecule has 0 unspecified atom stereocenters. The number of sulfonamides is 1. The highest BCUT2D eigenvalue weighted by Crippen LogP contribution is 2.21. The van der Waals surface area contributed by atoms with Crippen molar-refractivity contribution in [2.75, 3.05) is 45.8 Å². The Morgan fingerprint density at radius 1 is 0.903 bits per heavy atom. The Bertz CT molecular complexity index is 887. The molecule has 2 saturated heterocycles. The lowest BCUT2D eigenvalue weighted by atomic mass is 10.1. The van der Waals surface area contributed by atoms with Gasteiger partial charge in [0.2, 0.25) is 15.9 Å². The average Bonchev–Trinajstić information content (AvgIpc) is 3.15. The Kier molecular flexibility index (Phi) is 7.39. The Morgan fingerprint density at radius 2 is 1.55 bits per heavy atom. The molecule has 2 aliphatic heterocycles. The first-order valence-electron chi connectivity index (χ1n) is 11.0. The number of rotatable bonds is 5. The van der Waals surface area contributed by atoms with Crippen LogP contribution in [0.25, 0.3) is 0 Å². The molecule has 0 spiro atoms. The zero-order chi connectivity index (χ0) is 22.6. The van der Waals surface area contributed by atoms with Crippen LogP contribution in [0.1, 0.15) is 50.4 Å². The molecule has 8 nitrogen and oxygen atoms in total. The van der Waals surface area contributed by atoms with E-state index in [4.69, 9.17) is 0 Å². The molecule has 0 saturated carbocycles. The van der Waals surface area contributed by atoms with Crippen LogP contribution in [0.4, 0.5) is 0 Å². The van der Waals surface area contributed by atoms with Gasteiger partial charge in [0.15, 0.2) is 0 Å². The highest BCUT2D eigenvalue weighted by molar-refractivity contribution is 7.89. The zero-order valence-corrected chi connectivity index (χ0v) is 19.6. The first-order chi connectivity index (χ1) is 14.6. The van der Waals surface area contributed by atoms with Crippen LogP contribution in [0.5, 0.6) is 0 Å². The Labute approximate surface area is 185 Å². The normalized spacial score (nSPS) is 19.3. The first-order valence-corrected chi connectivity index (χ1v) is 12.4. The molecule has 1 aromatic carbocycles. The standard InChI is InChI=1S/C22H34N4O4S/c1-22(2,3)23-20(27)17-24-11-6-12-25(16-15-24)21(28)18-7-9-19(10-8-18)31(29,30)26-13-4-5-14-26/h7-10H,4-6,11-17H2,1-3H3,(H,23,27). The van der Waals surface area contributed by atoms with E-state index in [0.29, 0.717) is 44.8 Å². The zero-order valence-electron chi connectivity index (χ0n) is 18.8. The molecule has 1 N–H and O–H groups in total. The van der Waals surface area contributed by atoms with E-state index in [1.807, 2.05) is 20.8 Å². The predicted molar refractivity (Wildman–Crippen MR) is 119 cm³/mol. The number of hydrogen-bond acceptors (Lipinski definition) is 5. The van der Waals surface area contributed by atoms with Gasteiger partial charge in [-0.05, 0) is 64.3 Å². The largest absolute Gasteiger partial charge is 0.350 e. The van der Waals surface area contributed by atoms with Crippen LogP contribution in [-0.4, -0.2) is 85.7 Å². The van der Waals surface area contributed by atoms with E-state index in [-0.39, 0.29) is 22.2 Å². The summed E-state index contributed by atoms with van der Waals surface area (Å²) < 4.78 is 26.8.